The first kappa shape index (κ1) is 19.4. The van der Waals surface area contributed by atoms with Gasteiger partial charge in [0.25, 0.3) is 5.91 Å². The molecular weight excluding hydrogens is 376 g/mol. The van der Waals surface area contributed by atoms with E-state index >= 15 is 0 Å². The Bertz CT molecular complexity index is 943. The van der Waals surface area contributed by atoms with Crippen molar-refractivity contribution in [3.05, 3.63) is 71.2 Å². The summed E-state index contributed by atoms with van der Waals surface area (Å²) in [5.74, 6) is 0.503. The fraction of sp³-hybridized carbons (Fsp3) is 0.150. The van der Waals surface area contributed by atoms with Crippen LogP contribution in [0.2, 0.25) is 0 Å². The maximum atomic E-state index is 12.2. The summed E-state index contributed by atoms with van der Waals surface area (Å²) in [5.41, 5.74) is 2.01. The van der Waals surface area contributed by atoms with Gasteiger partial charge in [-0.2, -0.15) is 0 Å². The summed E-state index contributed by atoms with van der Waals surface area (Å²) in [6, 6.07) is 16.4. The number of hydrogen-bond donors (Lipinski definition) is 3. The number of benzene rings is 2. The molecule has 0 saturated heterocycles. The van der Waals surface area contributed by atoms with Gasteiger partial charge in [-0.15, -0.1) is 11.3 Å². The van der Waals surface area contributed by atoms with Gasteiger partial charge in [-0.1, -0.05) is 30.3 Å². The lowest BCUT2D eigenvalue weighted by Gasteiger charge is -2.06. The van der Waals surface area contributed by atoms with Crippen molar-refractivity contribution in [2.24, 2.45) is 0 Å². The van der Waals surface area contributed by atoms with Crippen LogP contribution in [0.4, 0.5) is 15.6 Å². The number of rotatable bonds is 7. The predicted octanol–water partition coefficient (Wildman–Crippen LogP) is 3.77. The molecule has 0 bridgehead atoms. The summed E-state index contributed by atoms with van der Waals surface area (Å²) in [7, 11) is 1.62. The number of anilines is 2. The van der Waals surface area contributed by atoms with Crippen LogP contribution in [0.3, 0.4) is 0 Å². The van der Waals surface area contributed by atoms with E-state index in [1.54, 1.807) is 24.6 Å². The van der Waals surface area contributed by atoms with E-state index in [1.807, 2.05) is 42.5 Å². The molecule has 3 N–H and O–H groups in total. The summed E-state index contributed by atoms with van der Waals surface area (Å²) < 4.78 is 5.19. The zero-order valence-electron chi connectivity index (χ0n) is 15.3. The lowest BCUT2D eigenvalue weighted by Crippen LogP contribution is -2.26. The maximum absolute atomic E-state index is 12.2. The van der Waals surface area contributed by atoms with Crippen LogP contribution in [0.1, 0.15) is 16.1 Å². The highest BCUT2D eigenvalue weighted by atomic mass is 32.1. The number of urea groups is 1. The number of carbonyl (C=O) groups is 2. The minimum Gasteiger partial charge on any atom is -0.497 e. The van der Waals surface area contributed by atoms with Crippen molar-refractivity contribution in [1.82, 2.24) is 10.3 Å². The number of hydrogen-bond acceptors (Lipinski definition) is 5. The lowest BCUT2D eigenvalue weighted by atomic mass is 10.1. The second kappa shape index (κ2) is 9.52. The standard InChI is InChI=1S/C20H20N4O3S/c1-27-16-9-5-6-14(12-16)10-11-21-18(25)17-13-28-20(23-17)24-19(26)22-15-7-3-2-4-8-15/h2-9,12-13H,10-11H2,1H3,(H,21,25)(H2,22,23,24,26). The van der Waals surface area contributed by atoms with E-state index in [0.29, 0.717) is 23.8 Å². The number of amides is 3. The van der Waals surface area contributed by atoms with Crippen LogP contribution >= 0.6 is 11.3 Å². The van der Waals surface area contributed by atoms with Gasteiger partial charge in [0, 0.05) is 17.6 Å². The number of methoxy groups -OCH3 is 1. The first-order valence-corrected chi connectivity index (χ1v) is 9.52. The van der Waals surface area contributed by atoms with Crippen molar-refractivity contribution in [2.75, 3.05) is 24.3 Å². The third-order valence-electron chi connectivity index (χ3n) is 3.82. The fourth-order valence-corrected chi connectivity index (χ4v) is 3.14. The summed E-state index contributed by atoms with van der Waals surface area (Å²) in [6.07, 6.45) is 0.678. The summed E-state index contributed by atoms with van der Waals surface area (Å²) >= 11 is 1.19. The molecule has 8 heteroatoms. The molecule has 0 aliphatic rings. The molecule has 1 aromatic heterocycles. The number of thiazole rings is 1. The zero-order chi connectivity index (χ0) is 19.8. The largest absolute Gasteiger partial charge is 0.497 e. The van der Waals surface area contributed by atoms with Crippen molar-refractivity contribution in [2.45, 2.75) is 6.42 Å². The fourth-order valence-electron chi connectivity index (χ4n) is 2.46. The van der Waals surface area contributed by atoms with Gasteiger partial charge >= 0.3 is 6.03 Å². The van der Waals surface area contributed by atoms with E-state index in [4.69, 9.17) is 4.74 Å². The number of aromatic nitrogens is 1. The quantitative estimate of drug-likeness (QED) is 0.567. The Morgan fingerprint density at radius 2 is 1.89 bits per heavy atom. The Balaban J connectivity index is 1.47. The molecule has 144 valence electrons. The van der Waals surface area contributed by atoms with E-state index in [1.165, 1.54) is 11.3 Å². The molecule has 7 nitrogen and oxygen atoms in total. The van der Waals surface area contributed by atoms with Crippen molar-refractivity contribution in [3.8, 4) is 5.75 Å². The van der Waals surface area contributed by atoms with Crippen molar-refractivity contribution >= 4 is 34.1 Å². The minimum absolute atomic E-state index is 0.269. The van der Waals surface area contributed by atoms with Gasteiger partial charge in [0.1, 0.15) is 11.4 Å². The molecule has 0 spiro atoms. The number of nitrogens with one attached hydrogen (secondary N) is 3. The molecule has 28 heavy (non-hydrogen) atoms. The molecule has 0 aliphatic carbocycles. The maximum Gasteiger partial charge on any atom is 0.325 e. The number of ether oxygens (including phenoxy) is 1. The Kier molecular flexibility index (Phi) is 6.59. The average molecular weight is 396 g/mol. The van der Waals surface area contributed by atoms with Gasteiger partial charge < -0.3 is 15.4 Å². The molecular formula is C20H20N4O3S. The Hall–Kier alpha value is -3.39. The number of carbonyl (C=O) groups excluding carboxylic acids is 2. The van der Waals surface area contributed by atoms with E-state index < -0.39 is 6.03 Å². The van der Waals surface area contributed by atoms with Gasteiger partial charge in [-0.25, -0.2) is 9.78 Å². The summed E-state index contributed by atoms with van der Waals surface area (Å²) in [5, 5.41) is 10.1. The highest BCUT2D eigenvalue weighted by Crippen LogP contribution is 2.16. The van der Waals surface area contributed by atoms with Crippen LogP contribution in [-0.2, 0) is 6.42 Å². The van der Waals surface area contributed by atoms with Crippen LogP contribution in [0.5, 0.6) is 5.75 Å². The number of nitrogens with zero attached hydrogens (tertiary/aromatic N) is 1. The highest BCUT2D eigenvalue weighted by Gasteiger charge is 2.12. The summed E-state index contributed by atoms with van der Waals surface area (Å²) in [6.45, 7) is 0.473. The minimum atomic E-state index is -0.412. The van der Waals surface area contributed by atoms with Gasteiger partial charge in [-0.05, 0) is 36.2 Å². The molecule has 0 radical (unpaired) electrons. The predicted molar refractivity (Wildman–Crippen MR) is 110 cm³/mol. The van der Waals surface area contributed by atoms with Crippen molar-refractivity contribution < 1.29 is 14.3 Å². The zero-order valence-corrected chi connectivity index (χ0v) is 16.1. The Labute approximate surface area is 166 Å². The molecule has 0 aliphatic heterocycles. The second-order valence-corrected chi connectivity index (χ2v) is 6.70. The first-order chi connectivity index (χ1) is 13.6. The molecule has 3 aromatic rings. The smallest absolute Gasteiger partial charge is 0.325 e. The molecule has 2 aromatic carbocycles. The lowest BCUT2D eigenvalue weighted by molar-refractivity contribution is 0.0950. The molecule has 3 rings (SSSR count). The van der Waals surface area contributed by atoms with E-state index in [0.717, 1.165) is 11.3 Å². The third-order valence-corrected chi connectivity index (χ3v) is 4.58. The van der Waals surface area contributed by atoms with E-state index in [2.05, 4.69) is 20.9 Å². The van der Waals surface area contributed by atoms with E-state index in [9.17, 15) is 9.59 Å². The van der Waals surface area contributed by atoms with Crippen LogP contribution in [0, 0.1) is 0 Å². The molecule has 1 heterocycles. The third kappa shape index (κ3) is 5.55. The van der Waals surface area contributed by atoms with Gasteiger partial charge in [-0.3, -0.25) is 10.1 Å². The molecule has 3 amide bonds. The SMILES string of the molecule is COc1cccc(CCNC(=O)c2csc(NC(=O)Nc3ccccc3)n2)c1. The van der Waals surface area contributed by atoms with Crippen molar-refractivity contribution in [1.29, 1.82) is 0 Å². The van der Waals surface area contributed by atoms with Crippen LogP contribution in [0.25, 0.3) is 0 Å². The highest BCUT2D eigenvalue weighted by molar-refractivity contribution is 7.14. The Morgan fingerprint density at radius 3 is 2.68 bits per heavy atom. The topological polar surface area (TPSA) is 92.4 Å². The van der Waals surface area contributed by atoms with Crippen LogP contribution < -0.4 is 20.7 Å². The van der Waals surface area contributed by atoms with Crippen molar-refractivity contribution in [3.63, 3.8) is 0 Å². The molecule has 0 fully saturated rings. The van der Waals surface area contributed by atoms with Crippen LogP contribution in [0.15, 0.2) is 60.0 Å². The number of para-hydroxylation sites is 1. The first-order valence-electron chi connectivity index (χ1n) is 8.64. The second-order valence-electron chi connectivity index (χ2n) is 5.84. The molecule has 0 atom stereocenters. The van der Waals surface area contributed by atoms with Gasteiger partial charge in [0.05, 0.1) is 7.11 Å². The van der Waals surface area contributed by atoms with Gasteiger partial charge in [0.15, 0.2) is 5.13 Å². The van der Waals surface area contributed by atoms with Crippen LogP contribution in [-0.4, -0.2) is 30.6 Å². The normalized spacial score (nSPS) is 10.2. The van der Waals surface area contributed by atoms with Gasteiger partial charge in [0.2, 0.25) is 0 Å². The summed E-state index contributed by atoms with van der Waals surface area (Å²) in [4.78, 5) is 28.4. The van der Waals surface area contributed by atoms with E-state index in [-0.39, 0.29) is 11.6 Å². The monoisotopic (exact) mass is 396 g/mol. The average Bonchev–Trinajstić information content (AvgIpc) is 3.17. The molecule has 0 unspecified atom stereocenters. The Morgan fingerprint density at radius 1 is 1.07 bits per heavy atom. The molecule has 0 saturated carbocycles.